The second kappa shape index (κ2) is 5.23. The summed E-state index contributed by atoms with van der Waals surface area (Å²) in [6, 6.07) is 1.63. The van der Waals surface area contributed by atoms with Crippen LogP contribution in [0, 0.1) is 0 Å². The van der Waals surface area contributed by atoms with Crippen LogP contribution in [0.4, 0.5) is 0 Å². The van der Waals surface area contributed by atoms with Gasteiger partial charge in [0.1, 0.15) is 5.82 Å². The molecule has 92 valence electrons. The van der Waals surface area contributed by atoms with E-state index in [-0.39, 0.29) is 0 Å². The van der Waals surface area contributed by atoms with Gasteiger partial charge in [-0.2, -0.15) is 0 Å². The molecule has 1 aliphatic rings. The summed E-state index contributed by atoms with van der Waals surface area (Å²) in [7, 11) is 1.60. The highest BCUT2D eigenvalue weighted by molar-refractivity contribution is 5.87. The summed E-state index contributed by atoms with van der Waals surface area (Å²) in [5, 5.41) is 0. The van der Waals surface area contributed by atoms with Gasteiger partial charge in [0.25, 0.3) is 0 Å². The Hall–Kier alpha value is -1.49. The van der Waals surface area contributed by atoms with E-state index in [4.69, 9.17) is 9.47 Å². The Kier molecular flexibility index (Phi) is 3.68. The van der Waals surface area contributed by atoms with Crippen LogP contribution in [-0.2, 0) is 16.1 Å². The molecule has 0 spiro atoms. The minimum Gasteiger partial charge on any atom is -0.461 e. The summed E-state index contributed by atoms with van der Waals surface area (Å²) in [4.78, 5) is 20.3. The Labute approximate surface area is 100 Å². The first-order valence-corrected chi connectivity index (χ1v) is 5.78. The van der Waals surface area contributed by atoms with Crippen molar-refractivity contribution in [3.8, 4) is 0 Å². The predicted molar refractivity (Wildman–Crippen MR) is 60.7 cm³/mol. The molecule has 0 unspecified atom stereocenters. The molecule has 1 fully saturated rings. The molecule has 0 saturated heterocycles. The van der Waals surface area contributed by atoms with Crippen LogP contribution >= 0.6 is 0 Å². The molecule has 0 N–H and O–H groups in total. The lowest BCUT2D eigenvalue weighted by Crippen LogP contribution is -2.11. The Morgan fingerprint density at radius 2 is 2.24 bits per heavy atom. The average Bonchev–Trinajstić information content (AvgIpc) is 3.13. The van der Waals surface area contributed by atoms with Gasteiger partial charge in [0.15, 0.2) is 5.69 Å². The van der Waals surface area contributed by atoms with Crippen LogP contribution in [0.15, 0.2) is 6.07 Å². The predicted octanol–water partition coefficient (Wildman–Crippen LogP) is 1.68. The normalized spacial score (nSPS) is 14.7. The Morgan fingerprint density at radius 1 is 1.47 bits per heavy atom. The minimum atomic E-state index is -0.394. The first-order chi connectivity index (χ1) is 8.24. The van der Waals surface area contributed by atoms with Gasteiger partial charge in [-0.3, -0.25) is 0 Å². The van der Waals surface area contributed by atoms with Gasteiger partial charge >= 0.3 is 5.97 Å². The SMILES string of the molecule is CCOC(=O)c1cc(COC)nc(C2CC2)n1. The molecule has 0 atom stereocenters. The van der Waals surface area contributed by atoms with Crippen LogP contribution in [0.2, 0.25) is 0 Å². The summed E-state index contributed by atoms with van der Waals surface area (Å²) in [5.41, 5.74) is 1.06. The molecule has 0 bridgehead atoms. The quantitative estimate of drug-likeness (QED) is 0.728. The third-order valence-corrected chi connectivity index (χ3v) is 2.52. The molecule has 0 aliphatic heterocycles. The van der Waals surface area contributed by atoms with E-state index in [0.717, 1.165) is 24.4 Å². The number of carbonyl (C=O) groups excluding carboxylic acids is 1. The van der Waals surface area contributed by atoms with Gasteiger partial charge < -0.3 is 9.47 Å². The topological polar surface area (TPSA) is 61.3 Å². The molecule has 1 heterocycles. The third-order valence-electron chi connectivity index (χ3n) is 2.52. The highest BCUT2D eigenvalue weighted by atomic mass is 16.5. The van der Waals surface area contributed by atoms with E-state index in [0.29, 0.717) is 24.8 Å². The fraction of sp³-hybridized carbons (Fsp3) is 0.583. The van der Waals surface area contributed by atoms with Gasteiger partial charge in [-0.15, -0.1) is 0 Å². The fourth-order valence-electron chi connectivity index (χ4n) is 1.57. The molecule has 0 aromatic carbocycles. The van der Waals surface area contributed by atoms with Gasteiger partial charge in [0, 0.05) is 13.0 Å². The minimum absolute atomic E-state index is 0.329. The standard InChI is InChI=1S/C12H16N2O3/c1-3-17-12(15)10-6-9(7-16-2)13-11(14-10)8-4-5-8/h6,8H,3-5,7H2,1-2H3. The van der Waals surface area contributed by atoms with Crippen molar-refractivity contribution in [2.45, 2.75) is 32.3 Å². The van der Waals surface area contributed by atoms with Crippen molar-refractivity contribution in [1.82, 2.24) is 9.97 Å². The van der Waals surface area contributed by atoms with Gasteiger partial charge in [-0.1, -0.05) is 0 Å². The maximum Gasteiger partial charge on any atom is 0.357 e. The number of ether oxygens (including phenoxy) is 2. The van der Waals surface area contributed by atoms with Crippen molar-refractivity contribution in [3.05, 3.63) is 23.3 Å². The fourth-order valence-corrected chi connectivity index (χ4v) is 1.57. The lowest BCUT2D eigenvalue weighted by molar-refractivity contribution is 0.0518. The second-order valence-corrected chi connectivity index (χ2v) is 4.03. The zero-order valence-electron chi connectivity index (χ0n) is 10.1. The lowest BCUT2D eigenvalue weighted by atomic mass is 10.3. The first-order valence-electron chi connectivity index (χ1n) is 5.78. The Bertz CT molecular complexity index is 416. The second-order valence-electron chi connectivity index (χ2n) is 4.03. The van der Waals surface area contributed by atoms with Gasteiger partial charge in [0.05, 0.1) is 18.9 Å². The highest BCUT2D eigenvalue weighted by Crippen LogP contribution is 2.38. The van der Waals surface area contributed by atoms with Gasteiger partial charge in [-0.25, -0.2) is 14.8 Å². The van der Waals surface area contributed by atoms with E-state index in [1.54, 1.807) is 20.1 Å². The summed E-state index contributed by atoms with van der Waals surface area (Å²) in [6.45, 7) is 2.51. The molecule has 5 nitrogen and oxygen atoms in total. The molecule has 1 aromatic heterocycles. The van der Waals surface area contributed by atoms with Crippen LogP contribution in [0.5, 0.6) is 0 Å². The number of rotatable bonds is 5. The van der Waals surface area contributed by atoms with Crippen LogP contribution < -0.4 is 0 Å². The van der Waals surface area contributed by atoms with Crippen molar-refractivity contribution < 1.29 is 14.3 Å². The smallest absolute Gasteiger partial charge is 0.357 e. The summed E-state index contributed by atoms with van der Waals surface area (Å²) in [6.07, 6.45) is 2.19. The van der Waals surface area contributed by atoms with Crippen LogP contribution in [-0.4, -0.2) is 29.7 Å². The molecule has 0 radical (unpaired) electrons. The van der Waals surface area contributed by atoms with E-state index in [9.17, 15) is 4.79 Å². The number of hydrogen-bond donors (Lipinski definition) is 0. The molecule has 1 saturated carbocycles. The van der Waals surface area contributed by atoms with E-state index in [1.807, 2.05) is 0 Å². The molecular formula is C12H16N2O3. The third kappa shape index (κ3) is 3.00. The Balaban J connectivity index is 2.26. The van der Waals surface area contributed by atoms with E-state index in [1.165, 1.54) is 0 Å². The largest absolute Gasteiger partial charge is 0.461 e. The number of nitrogens with zero attached hydrogens (tertiary/aromatic N) is 2. The van der Waals surface area contributed by atoms with Crippen molar-refractivity contribution in [1.29, 1.82) is 0 Å². The lowest BCUT2D eigenvalue weighted by Gasteiger charge is -2.06. The molecule has 0 amide bonds. The van der Waals surface area contributed by atoms with Crippen molar-refractivity contribution >= 4 is 5.97 Å². The molecule has 2 rings (SSSR count). The molecular weight excluding hydrogens is 220 g/mol. The zero-order valence-corrected chi connectivity index (χ0v) is 10.1. The average molecular weight is 236 g/mol. The maximum absolute atomic E-state index is 11.6. The first kappa shape index (κ1) is 12.0. The van der Waals surface area contributed by atoms with Crippen molar-refractivity contribution in [3.63, 3.8) is 0 Å². The Morgan fingerprint density at radius 3 is 2.82 bits per heavy atom. The summed E-state index contributed by atoms with van der Waals surface area (Å²) >= 11 is 0. The van der Waals surface area contributed by atoms with Crippen molar-refractivity contribution in [2.24, 2.45) is 0 Å². The van der Waals surface area contributed by atoms with Crippen LogP contribution in [0.3, 0.4) is 0 Å². The summed E-state index contributed by atoms with van der Waals surface area (Å²) < 4.78 is 9.98. The molecule has 1 aliphatic carbocycles. The van der Waals surface area contributed by atoms with Crippen molar-refractivity contribution in [2.75, 3.05) is 13.7 Å². The number of aromatic nitrogens is 2. The molecule has 17 heavy (non-hydrogen) atoms. The zero-order chi connectivity index (χ0) is 12.3. The van der Waals surface area contributed by atoms with Gasteiger partial charge in [-0.05, 0) is 25.8 Å². The number of esters is 1. The molecule has 1 aromatic rings. The number of methoxy groups -OCH3 is 1. The highest BCUT2D eigenvalue weighted by Gasteiger charge is 2.28. The van der Waals surface area contributed by atoms with Crippen LogP contribution in [0.1, 0.15) is 47.7 Å². The van der Waals surface area contributed by atoms with E-state index in [2.05, 4.69) is 9.97 Å². The molecule has 5 heteroatoms. The van der Waals surface area contributed by atoms with Crippen LogP contribution in [0.25, 0.3) is 0 Å². The van der Waals surface area contributed by atoms with E-state index < -0.39 is 5.97 Å². The maximum atomic E-state index is 11.6. The monoisotopic (exact) mass is 236 g/mol. The number of hydrogen-bond acceptors (Lipinski definition) is 5. The van der Waals surface area contributed by atoms with E-state index >= 15 is 0 Å². The number of carbonyl (C=O) groups is 1. The van der Waals surface area contributed by atoms with Gasteiger partial charge in [0.2, 0.25) is 0 Å². The summed E-state index contributed by atoms with van der Waals surface area (Å²) in [5.74, 6) is 0.747.